The first kappa shape index (κ1) is 14.3. The summed E-state index contributed by atoms with van der Waals surface area (Å²) in [7, 11) is -3.30. The molecule has 3 rings (SSSR count). The number of nitrogens with zero attached hydrogens (tertiary/aromatic N) is 1. The largest absolute Gasteiger partial charge is 0.334 e. The lowest BCUT2D eigenvalue weighted by atomic mass is 10.1. The number of rotatable bonds is 2. The molecule has 0 atom stereocenters. The quantitative estimate of drug-likeness (QED) is 0.853. The second-order valence-corrected chi connectivity index (χ2v) is 8.16. The fourth-order valence-corrected chi connectivity index (χ4v) is 4.02. The average molecular weight is 321 g/mol. The minimum atomic E-state index is -3.30. The minimum Gasteiger partial charge on any atom is -0.334 e. The highest BCUT2D eigenvalue weighted by Crippen LogP contribution is 2.25. The Hall–Kier alpha value is -1.66. The van der Waals surface area contributed by atoms with Crippen LogP contribution in [0.15, 0.2) is 40.6 Å². The van der Waals surface area contributed by atoms with Crippen LogP contribution in [-0.4, -0.2) is 32.0 Å². The first-order valence-electron chi connectivity index (χ1n) is 6.60. The van der Waals surface area contributed by atoms with Crippen molar-refractivity contribution in [1.29, 1.82) is 0 Å². The fraction of sp³-hybridized carbons (Fsp3) is 0.267. The van der Waals surface area contributed by atoms with Gasteiger partial charge in [0, 0.05) is 29.8 Å². The van der Waals surface area contributed by atoms with E-state index in [1.54, 1.807) is 28.4 Å². The predicted molar refractivity (Wildman–Crippen MR) is 82.3 cm³/mol. The third-order valence-electron chi connectivity index (χ3n) is 3.60. The van der Waals surface area contributed by atoms with Crippen LogP contribution in [0, 0.1) is 0 Å². The molecule has 1 amide bonds. The van der Waals surface area contributed by atoms with E-state index >= 15 is 0 Å². The van der Waals surface area contributed by atoms with Gasteiger partial charge >= 0.3 is 0 Å². The summed E-state index contributed by atoms with van der Waals surface area (Å²) < 4.78 is 23.2. The minimum absolute atomic E-state index is 0.114. The number of amides is 1. The third-order valence-corrected chi connectivity index (χ3v) is 5.74. The van der Waals surface area contributed by atoms with Gasteiger partial charge in [0.25, 0.3) is 5.91 Å². The summed E-state index contributed by atoms with van der Waals surface area (Å²) in [5.74, 6) is -0.114. The zero-order valence-electron chi connectivity index (χ0n) is 11.6. The molecule has 0 unspecified atom stereocenters. The summed E-state index contributed by atoms with van der Waals surface area (Å²) in [5.41, 5.74) is 1.62. The first-order chi connectivity index (χ1) is 9.95. The molecular weight excluding hydrogens is 306 g/mol. The van der Waals surface area contributed by atoms with Crippen molar-refractivity contribution in [3.8, 4) is 0 Å². The first-order valence-corrected chi connectivity index (χ1v) is 9.37. The van der Waals surface area contributed by atoms with Crippen LogP contribution >= 0.6 is 11.3 Å². The maximum atomic E-state index is 12.5. The van der Waals surface area contributed by atoms with Crippen LogP contribution in [0.5, 0.6) is 0 Å². The molecule has 0 fully saturated rings. The average Bonchev–Trinajstić information content (AvgIpc) is 2.93. The molecule has 0 N–H and O–H groups in total. The molecule has 1 aromatic heterocycles. The molecule has 2 heterocycles. The fourth-order valence-electron chi connectivity index (χ4n) is 2.46. The molecule has 0 aliphatic carbocycles. The number of carbonyl (C=O) groups is 1. The van der Waals surface area contributed by atoms with E-state index in [0.717, 1.165) is 12.7 Å². The Bertz CT molecular complexity index is 793. The van der Waals surface area contributed by atoms with E-state index in [1.807, 2.05) is 11.4 Å². The predicted octanol–water partition coefficient (Wildman–Crippen LogP) is 2.35. The van der Waals surface area contributed by atoms with Gasteiger partial charge in [0.1, 0.15) is 0 Å². The van der Waals surface area contributed by atoms with Crippen molar-refractivity contribution < 1.29 is 13.2 Å². The van der Waals surface area contributed by atoms with Crippen molar-refractivity contribution in [2.75, 3.05) is 12.8 Å². The Morgan fingerprint density at radius 3 is 2.86 bits per heavy atom. The van der Waals surface area contributed by atoms with E-state index in [0.29, 0.717) is 18.7 Å². The Balaban J connectivity index is 1.87. The topological polar surface area (TPSA) is 54.5 Å². The molecule has 6 heteroatoms. The van der Waals surface area contributed by atoms with Crippen LogP contribution in [-0.2, 0) is 22.8 Å². The van der Waals surface area contributed by atoms with Gasteiger partial charge in [-0.15, -0.1) is 11.3 Å². The number of hydrogen-bond acceptors (Lipinski definition) is 4. The third kappa shape index (κ3) is 2.87. The number of sulfone groups is 1. The van der Waals surface area contributed by atoms with Crippen LogP contribution < -0.4 is 0 Å². The molecule has 21 heavy (non-hydrogen) atoms. The Labute approximate surface area is 127 Å². The van der Waals surface area contributed by atoms with E-state index < -0.39 is 9.84 Å². The lowest BCUT2D eigenvalue weighted by Gasteiger charge is -2.27. The Morgan fingerprint density at radius 1 is 1.29 bits per heavy atom. The zero-order chi connectivity index (χ0) is 15.0. The highest BCUT2D eigenvalue weighted by atomic mass is 32.2. The number of carbonyl (C=O) groups excluding carboxylic acids is 1. The lowest BCUT2D eigenvalue weighted by Crippen LogP contribution is -2.35. The lowest BCUT2D eigenvalue weighted by molar-refractivity contribution is 0.0735. The Kier molecular flexibility index (Phi) is 3.59. The summed E-state index contributed by atoms with van der Waals surface area (Å²) in [6, 6.07) is 8.30. The molecule has 4 nitrogen and oxygen atoms in total. The highest BCUT2D eigenvalue weighted by Gasteiger charge is 2.23. The van der Waals surface area contributed by atoms with Gasteiger partial charge in [-0.05, 0) is 41.6 Å². The summed E-state index contributed by atoms with van der Waals surface area (Å²) in [4.78, 5) is 15.8. The summed E-state index contributed by atoms with van der Waals surface area (Å²) in [5, 5.41) is 2.04. The molecule has 0 spiro atoms. The zero-order valence-corrected chi connectivity index (χ0v) is 13.2. The number of fused-ring (bicyclic) bond motifs is 1. The number of hydrogen-bond donors (Lipinski definition) is 0. The summed E-state index contributed by atoms with van der Waals surface area (Å²) in [6.07, 6.45) is 2.01. The van der Waals surface area contributed by atoms with Crippen molar-refractivity contribution in [1.82, 2.24) is 4.90 Å². The molecule has 1 aliphatic heterocycles. The van der Waals surface area contributed by atoms with E-state index in [4.69, 9.17) is 0 Å². The van der Waals surface area contributed by atoms with E-state index in [1.165, 1.54) is 22.6 Å². The molecule has 1 aromatic carbocycles. The van der Waals surface area contributed by atoms with Crippen LogP contribution in [0.2, 0.25) is 0 Å². The van der Waals surface area contributed by atoms with Gasteiger partial charge in [0.05, 0.1) is 4.90 Å². The van der Waals surface area contributed by atoms with Crippen LogP contribution in [0.25, 0.3) is 0 Å². The van der Waals surface area contributed by atoms with Crippen molar-refractivity contribution in [3.05, 3.63) is 51.7 Å². The van der Waals surface area contributed by atoms with Gasteiger partial charge < -0.3 is 4.90 Å². The van der Waals surface area contributed by atoms with E-state index in [-0.39, 0.29) is 10.8 Å². The monoisotopic (exact) mass is 321 g/mol. The molecule has 1 aliphatic rings. The van der Waals surface area contributed by atoms with E-state index in [9.17, 15) is 13.2 Å². The highest BCUT2D eigenvalue weighted by molar-refractivity contribution is 7.90. The summed E-state index contributed by atoms with van der Waals surface area (Å²) in [6.45, 7) is 1.27. The molecule has 0 saturated heterocycles. The maximum absolute atomic E-state index is 12.5. The van der Waals surface area contributed by atoms with Gasteiger partial charge in [-0.25, -0.2) is 8.42 Å². The molecule has 0 radical (unpaired) electrons. The van der Waals surface area contributed by atoms with Gasteiger partial charge in [-0.3, -0.25) is 4.79 Å². The summed E-state index contributed by atoms with van der Waals surface area (Å²) >= 11 is 1.72. The molecular formula is C15H15NO3S2. The SMILES string of the molecule is CS(=O)(=O)c1cccc(C(=O)N2CCc3sccc3C2)c1. The van der Waals surface area contributed by atoms with Gasteiger partial charge in [-0.1, -0.05) is 6.07 Å². The second kappa shape index (κ2) is 5.27. The second-order valence-electron chi connectivity index (χ2n) is 5.15. The van der Waals surface area contributed by atoms with Crippen LogP contribution in [0.1, 0.15) is 20.8 Å². The normalized spacial score (nSPS) is 14.8. The number of thiophene rings is 1. The molecule has 0 saturated carbocycles. The van der Waals surface area contributed by atoms with Gasteiger partial charge in [0.2, 0.25) is 0 Å². The standard InChI is InChI=1S/C15H15NO3S2/c1-21(18,19)13-4-2-3-11(9-13)15(17)16-7-5-14-12(10-16)6-8-20-14/h2-4,6,8-9H,5,7,10H2,1H3. The van der Waals surface area contributed by atoms with Crippen LogP contribution in [0.4, 0.5) is 0 Å². The molecule has 0 bridgehead atoms. The smallest absolute Gasteiger partial charge is 0.254 e. The van der Waals surface area contributed by atoms with Crippen molar-refractivity contribution >= 4 is 27.1 Å². The van der Waals surface area contributed by atoms with Crippen molar-refractivity contribution in [3.63, 3.8) is 0 Å². The number of benzene rings is 1. The van der Waals surface area contributed by atoms with Gasteiger partial charge in [0.15, 0.2) is 9.84 Å². The Morgan fingerprint density at radius 2 is 2.10 bits per heavy atom. The van der Waals surface area contributed by atoms with E-state index in [2.05, 4.69) is 0 Å². The van der Waals surface area contributed by atoms with Crippen LogP contribution in [0.3, 0.4) is 0 Å². The maximum Gasteiger partial charge on any atom is 0.254 e. The van der Waals surface area contributed by atoms with Gasteiger partial charge in [-0.2, -0.15) is 0 Å². The van der Waals surface area contributed by atoms with Crippen molar-refractivity contribution in [2.24, 2.45) is 0 Å². The molecule has 2 aromatic rings. The van der Waals surface area contributed by atoms with Crippen molar-refractivity contribution in [2.45, 2.75) is 17.9 Å². The molecule has 110 valence electrons.